The standard InChI is InChI=1S/C20H40N4O.HI/c1-5-21-20(23(4)12-8-18-9-13-25-14-10-18)22-15-19-7-6-11-24(16-19)17(2)3;/h17-19H,5-16H2,1-4H3,(H,21,22);1H. The minimum atomic E-state index is 0. The summed E-state index contributed by atoms with van der Waals surface area (Å²) in [5.74, 6) is 2.60. The van der Waals surface area contributed by atoms with Crippen molar-refractivity contribution in [3.05, 3.63) is 0 Å². The second-order valence-corrected chi connectivity index (χ2v) is 8.06. The molecule has 0 aliphatic carbocycles. The van der Waals surface area contributed by atoms with Gasteiger partial charge in [-0.15, -0.1) is 24.0 Å². The number of hydrogen-bond donors (Lipinski definition) is 1. The molecule has 2 aliphatic rings. The van der Waals surface area contributed by atoms with Gasteiger partial charge < -0.3 is 19.9 Å². The van der Waals surface area contributed by atoms with Crippen LogP contribution in [0, 0.1) is 11.8 Å². The quantitative estimate of drug-likeness (QED) is 0.344. The van der Waals surface area contributed by atoms with Crippen molar-refractivity contribution < 1.29 is 4.74 Å². The second-order valence-electron chi connectivity index (χ2n) is 8.06. The molecule has 0 spiro atoms. The number of guanidine groups is 1. The molecule has 0 aromatic carbocycles. The van der Waals surface area contributed by atoms with Crippen LogP contribution in [0.5, 0.6) is 0 Å². The molecule has 0 bridgehead atoms. The monoisotopic (exact) mass is 480 g/mol. The third kappa shape index (κ3) is 8.30. The number of likely N-dealkylation sites (tertiary alicyclic amines) is 1. The number of piperidine rings is 1. The maximum Gasteiger partial charge on any atom is 0.193 e. The zero-order chi connectivity index (χ0) is 18.1. The summed E-state index contributed by atoms with van der Waals surface area (Å²) in [5.41, 5.74) is 0. The Kier molecular flexibility index (Phi) is 12.1. The first-order valence-corrected chi connectivity index (χ1v) is 10.4. The highest BCUT2D eigenvalue weighted by Crippen LogP contribution is 2.20. The number of hydrogen-bond acceptors (Lipinski definition) is 3. The summed E-state index contributed by atoms with van der Waals surface area (Å²) in [7, 11) is 2.18. The summed E-state index contributed by atoms with van der Waals surface area (Å²) < 4.78 is 5.47. The summed E-state index contributed by atoms with van der Waals surface area (Å²) in [5, 5.41) is 3.48. The number of aliphatic imine (C=N–C) groups is 1. The van der Waals surface area contributed by atoms with Crippen molar-refractivity contribution in [3.63, 3.8) is 0 Å². The van der Waals surface area contributed by atoms with Crippen molar-refractivity contribution in [1.82, 2.24) is 15.1 Å². The van der Waals surface area contributed by atoms with Crippen LogP contribution in [0.4, 0.5) is 0 Å². The van der Waals surface area contributed by atoms with Gasteiger partial charge in [-0.05, 0) is 71.3 Å². The minimum absolute atomic E-state index is 0. The molecule has 2 fully saturated rings. The van der Waals surface area contributed by atoms with Gasteiger partial charge in [0.1, 0.15) is 0 Å². The van der Waals surface area contributed by atoms with Gasteiger partial charge in [0, 0.05) is 52.5 Å². The highest BCUT2D eigenvalue weighted by atomic mass is 127. The van der Waals surface area contributed by atoms with E-state index in [0.717, 1.165) is 44.7 Å². The molecular weight excluding hydrogens is 439 g/mol. The summed E-state index contributed by atoms with van der Waals surface area (Å²) in [6, 6.07) is 0.655. The Balaban J connectivity index is 0.00000338. The smallest absolute Gasteiger partial charge is 0.193 e. The van der Waals surface area contributed by atoms with Crippen molar-refractivity contribution in [2.45, 2.75) is 58.9 Å². The van der Waals surface area contributed by atoms with E-state index in [-0.39, 0.29) is 24.0 Å². The van der Waals surface area contributed by atoms with Gasteiger partial charge in [-0.1, -0.05) is 0 Å². The van der Waals surface area contributed by atoms with Gasteiger partial charge in [-0.3, -0.25) is 4.99 Å². The Morgan fingerprint density at radius 2 is 1.96 bits per heavy atom. The molecule has 6 heteroatoms. The van der Waals surface area contributed by atoms with Crippen molar-refractivity contribution in [2.75, 3.05) is 53.0 Å². The lowest BCUT2D eigenvalue weighted by molar-refractivity contribution is 0.0625. The van der Waals surface area contributed by atoms with Gasteiger partial charge in [0.2, 0.25) is 0 Å². The number of nitrogens with zero attached hydrogens (tertiary/aromatic N) is 3. The molecule has 1 N–H and O–H groups in total. The number of ether oxygens (including phenoxy) is 1. The summed E-state index contributed by atoms with van der Waals surface area (Å²) in [6.45, 7) is 14.1. The van der Waals surface area contributed by atoms with Crippen LogP contribution in [0.1, 0.15) is 52.9 Å². The number of halogens is 1. The molecule has 5 nitrogen and oxygen atoms in total. The predicted octanol–water partition coefficient (Wildman–Crippen LogP) is 3.44. The molecule has 2 saturated heterocycles. The third-order valence-electron chi connectivity index (χ3n) is 5.69. The van der Waals surface area contributed by atoms with Crippen LogP contribution in [0.15, 0.2) is 4.99 Å². The maximum atomic E-state index is 5.47. The SMILES string of the molecule is CCNC(=NCC1CCCN(C(C)C)C1)N(C)CCC1CCOCC1.I. The Labute approximate surface area is 178 Å². The normalized spacial score (nSPS) is 23.0. The molecule has 0 aromatic heterocycles. The Bertz CT molecular complexity index is 399. The lowest BCUT2D eigenvalue weighted by Crippen LogP contribution is -2.42. The maximum absolute atomic E-state index is 5.47. The fraction of sp³-hybridized carbons (Fsp3) is 0.950. The van der Waals surface area contributed by atoms with Crippen LogP contribution in [0.25, 0.3) is 0 Å². The first-order chi connectivity index (χ1) is 12.1. The minimum Gasteiger partial charge on any atom is -0.381 e. The molecule has 0 amide bonds. The van der Waals surface area contributed by atoms with E-state index in [9.17, 15) is 0 Å². The highest BCUT2D eigenvalue weighted by Gasteiger charge is 2.22. The second kappa shape index (κ2) is 13.2. The van der Waals surface area contributed by atoms with Gasteiger partial charge in [0.05, 0.1) is 0 Å². The van der Waals surface area contributed by atoms with Crippen LogP contribution < -0.4 is 5.32 Å². The van der Waals surface area contributed by atoms with E-state index in [0.29, 0.717) is 12.0 Å². The molecule has 2 aliphatic heterocycles. The largest absolute Gasteiger partial charge is 0.381 e. The van der Waals surface area contributed by atoms with E-state index in [2.05, 4.69) is 42.9 Å². The lowest BCUT2D eigenvalue weighted by atomic mass is 9.96. The number of nitrogens with one attached hydrogen (secondary N) is 1. The molecular formula is C20H41IN4O. The Hall–Kier alpha value is -0.0800. The van der Waals surface area contributed by atoms with Crippen molar-refractivity contribution >= 4 is 29.9 Å². The summed E-state index contributed by atoms with van der Waals surface area (Å²) >= 11 is 0. The van der Waals surface area contributed by atoms with Gasteiger partial charge >= 0.3 is 0 Å². The van der Waals surface area contributed by atoms with Crippen LogP contribution in [-0.4, -0.2) is 74.8 Å². The van der Waals surface area contributed by atoms with E-state index >= 15 is 0 Å². The highest BCUT2D eigenvalue weighted by molar-refractivity contribution is 14.0. The summed E-state index contributed by atoms with van der Waals surface area (Å²) in [4.78, 5) is 9.90. The van der Waals surface area contributed by atoms with Crippen LogP contribution in [-0.2, 0) is 4.74 Å². The molecule has 2 rings (SSSR count). The molecule has 0 radical (unpaired) electrons. The zero-order valence-corrected chi connectivity index (χ0v) is 19.7. The van der Waals surface area contributed by atoms with Crippen LogP contribution in [0.2, 0.25) is 0 Å². The van der Waals surface area contributed by atoms with Gasteiger partial charge in [0.15, 0.2) is 5.96 Å². The van der Waals surface area contributed by atoms with E-state index in [1.54, 1.807) is 0 Å². The topological polar surface area (TPSA) is 40.1 Å². The zero-order valence-electron chi connectivity index (χ0n) is 17.4. The van der Waals surface area contributed by atoms with Crippen LogP contribution >= 0.6 is 24.0 Å². The van der Waals surface area contributed by atoms with Gasteiger partial charge in [-0.2, -0.15) is 0 Å². The average Bonchev–Trinajstić information content (AvgIpc) is 2.64. The lowest BCUT2D eigenvalue weighted by Gasteiger charge is -2.35. The van der Waals surface area contributed by atoms with Crippen LogP contribution in [0.3, 0.4) is 0 Å². The molecule has 2 heterocycles. The van der Waals surface area contributed by atoms with E-state index in [1.807, 2.05) is 0 Å². The van der Waals surface area contributed by atoms with E-state index in [1.165, 1.54) is 45.2 Å². The number of rotatable bonds is 7. The first kappa shape index (κ1) is 24.0. The first-order valence-electron chi connectivity index (χ1n) is 10.4. The molecule has 0 saturated carbocycles. The Morgan fingerprint density at radius 3 is 2.62 bits per heavy atom. The van der Waals surface area contributed by atoms with E-state index in [4.69, 9.17) is 9.73 Å². The van der Waals surface area contributed by atoms with Crippen molar-refractivity contribution in [3.8, 4) is 0 Å². The fourth-order valence-electron chi connectivity index (χ4n) is 3.92. The molecule has 0 aromatic rings. The molecule has 26 heavy (non-hydrogen) atoms. The van der Waals surface area contributed by atoms with Gasteiger partial charge in [0.25, 0.3) is 0 Å². The molecule has 1 atom stereocenters. The van der Waals surface area contributed by atoms with E-state index < -0.39 is 0 Å². The fourth-order valence-corrected chi connectivity index (χ4v) is 3.92. The molecule has 154 valence electrons. The third-order valence-corrected chi connectivity index (χ3v) is 5.69. The van der Waals surface area contributed by atoms with Gasteiger partial charge in [-0.25, -0.2) is 0 Å². The van der Waals surface area contributed by atoms with Crippen molar-refractivity contribution in [1.29, 1.82) is 0 Å². The van der Waals surface area contributed by atoms with Crippen molar-refractivity contribution in [2.24, 2.45) is 16.8 Å². The predicted molar refractivity (Wildman–Crippen MR) is 122 cm³/mol. The Morgan fingerprint density at radius 1 is 1.23 bits per heavy atom. The average molecular weight is 480 g/mol. The molecule has 1 unspecified atom stereocenters. The summed E-state index contributed by atoms with van der Waals surface area (Å²) in [6.07, 6.45) is 6.31.